The number of aromatic nitrogens is 1. The molecular formula is C34H36N6O5. The molecule has 11 nitrogen and oxygen atoms in total. The lowest BCUT2D eigenvalue weighted by atomic mass is 9.92. The van der Waals surface area contributed by atoms with Crippen LogP contribution in [0.5, 0.6) is 11.5 Å². The molecule has 2 heterocycles. The van der Waals surface area contributed by atoms with Crippen LogP contribution in [0, 0.1) is 12.8 Å². The highest BCUT2D eigenvalue weighted by Gasteiger charge is 2.22. The maximum absolute atomic E-state index is 12.9. The number of hydrogen-bond donors (Lipinski definition) is 3. The molecular weight excluding hydrogens is 572 g/mol. The van der Waals surface area contributed by atoms with Crippen LogP contribution in [0.4, 0.5) is 22.0 Å². The first-order valence-electron chi connectivity index (χ1n) is 14.7. The standard InChI is InChI=1S/C34H36N6O5/c1-23-7-9-25(10-8-23)39-40-29(24-15-19-44-20-16-24)14-18-36-34(42)37-30-11-12-31(28-6-4-3-5-27(28)30)45-26-13-17-35-32(21-26)38-33(41)22-43-2/h3-14,17-18,21,24,29H,15-16,19-20,22H2,1-2H3,(H,35,38,41)(H2,36,37,42)/b18-14+,40-39?. The van der Waals surface area contributed by atoms with Gasteiger partial charge in [-0.2, -0.15) is 10.2 Å². The van der Waals surface area contributed by atoms with E-state index in [0.717, 1.165) is 34.9 Å². The summed E-state index contributed by atoms with van der Waals surface area (Å²) >= 11 is 0. The van der Waals surface area contributed by atoms with Crippen LogP contribution in [0.15, 0.2) is 101 Å². The van der Waals surface area contributed by atoms with Crippen LogP contribution in [0.1, 0.15) is 18.4 Å². The van der Waals surface area contributed by atoms with Crippen molar-refractivity contribution in [1.82, 2.24) is 10.3 Å². The second-order valence-corrected chi connectivity index (χ2v) is 10.6. The molecule has 232 valence electrons. The van der Waals surface area contributed by atoms with E-state index in [4.69, 9.17) is 14.2 Å². The maximum atomic E-state index is 12.9. The number of pyridine rings is 1. The van der Waals surface area contributed by atoms with E-state index in [1.54, 1.807) is 36.7 Å². The summed E-state index contributed by atoms with van der Waals surface area (Å²) in [6.07, 6.45) is 6.79. The normalized spacial score (nSPS) is 14.4. The van der Waals surface area contributed by atoms with Gasteiger partial charge >= 0.3 is 6.03 Å². The summed E-state index contributed by atoms with van der Waals surface area (Å²) in [5.41, 5.74) is 2.56. The van der Waals surface area contributed by atoms with E-state index in [-0.39, 0.29) is 24.5 Å². The Morgan fingerprint density at radius 3 is 2.58 bits per heavy atom. The van der Waals surface area contributed by atoms with Gasteiger partial charge in [0.2, 0.25) is 0 Å². The Morgan fingerprint density at radius 1 is 1.02 bits per heavy atom. The van der Waals surface area contributed by atoms with Crippen molar-refractivity contribution in [2.75, 3.05) is 37.6 Å². The number of azo groups is 1. The molecule has 1 saturated heterocycles. The Kier molecular flexibility index (Phi) is 10.8. The minimum Gasteiger partial charge on any atom is -0.457 e. The lowest BCUT2D eigenvalue weighted by Crippen LogP contribution is -2.27. The first-order valence-corrected chi connectivity index (χ1v) is 14.7. The van der Waals surface area contributed by atoms with Gasteiger partial charge in [0.05, 0.1) is 17.4 Å². The van der Waals surface area contributed by atoms with E-state index >= 15 is 0 Å². The number of fused-ring (bicyclic) bond motifs is 1. The number of carbonyl (C=O) groups excluding carboxylic acids is 2. The summed E-state index contributed by atoms with van der Waals surface area (Å²) < 4.78 is 16.5. The third kappa shape index (κ3) is 8.94. The number of anilines is 2. The van der Waals surface area contributed by atoms with Crippen LogP contribution in [-0.2, 0) is 14.3 Å². The first-order chi connectivity index (χ1) is 22.0. The fraction of sp³-hybridized carbons (Fsp3) is 0.265. The molecule has 1 aromatic heterocycles. The highest BCUT2D eigenvalue weighted by molar-refractivity contribution is 6.04. The number of urea groups is 1. The molecule has 1 fully saturated rings. The zero-order valence-corrected chi connectivity index (χ0v) is 25.2. The number of carbonyl (C=O) groups is 2. The minimum atomic E-state index is -0.392. The van der Waals surface area contributed by atoms with Crippen LogP contribution in [-0.4, -0.2) is 49.9 Å². The van der Waals surface area contributed by atoms with Crippen LogP contribution in [0.25, 0.3) is 10.8 Å². The summed E-state index contributed by atoms with van der Waals surface area (Å²) in [6, 6.07) is 21.8. The Morgan fingerprint density at radius 2 is 1.80 bits per heavy atom. The molecule has 5 rings (SSSR count). The highest BCUT2D eigenvalue weighted by Crippen LogP contribution is 2.35. The van der Waals surface area contributed by atoms with Gasteiger partial charge in [0.25, 0.3) is 5.91 Å². The van der Waals surface area contributed by atoms with Gasteiger partial charge in [-0.3, -0.25) is 4.79 Å². The number of ether oxygens (including phenoxy) is 3. The second kappa shape index (κ2) is 15.6. The maximum Gasteiger partial charge on any atom is 0.323 e. The number of benzene rings is 3. The minimum absolute atomic E-state index is 0.0784. The van der Waals surface area contributed by atoms with E-state index < -0.39 is 6.03 Å². The second-order valence-electron chi connectivity index (χ2n) is 10.6. The molecule has 3 aromatic carbocycles. The van der Waals surface area contributed by atoms with Crippen LogP contribution >= 0.6 is 0 Å². The van der Waals surface area contributed by atoms with Crippen molar-refractivity contribution in [2.24, 2.45) is 16.1 Å². The van der Waals surface area contributed by atoms with Gasteiger partial charge in [-0.15, -0.1) is 0 Å². The number of aryl methyl sites for hydroxylation is 1. The van der Waals surface area contributed by atoms with Gasteiger partial charge in [-0.25, -0.2) is 9.78 Å². The zero-order chi connectivity index (χ0) is 31.4. The van der Waals surface area contributed by atoms with Gasteiger partial charge in [-0.05, 0) is 62.1 Å². The fourth-order valence-corrected chi connectivity index (χ4v) is 4.92. The Bertz CT molecular complexity index is 1670. The molecule has 3 amide bonds. The zero-order valence-electron chi connectivity index (χ0n) is 25.2. The lowest BCUT2D eigenvalue weighted by molar-refractivity contribution is -0.119. The largest absolute Gasteiger partial charge is 0.457 e. The topological polar surface area (TPSA) is 136 Å². The molecule has 0 bridgehead atoms. The highest BCUT2D eigenvalue weighted by atomic mass is 16.5. The van der Waals surface area contributed by atoms with E-state index in [1.807, 2.05) is 61.5 Å². The van der Waals surface area contributed by atoms with Crippen molar-refractivity contribution in [3.63, 3.8) is 0 Å². The molecule has 0 aliphatic carbocycles. The number of rotatable bonds is 11. The summed E-state index contributed by atoms with van der Waals surface area (Å²) in [5.74, 6) is 1.36. The molecule has 0 radical (unpaired) electrons. The smallest absolute Gasteiger partial charge is 0.323 e. The third-order valence-electron chi connectivity index (χ3n) is 7.23. The number of amides is 3. The average molecular weight is 609 g/mol. The molecule has 1 aliphatic heterocycles. The number of hydrogen-bond acceptors (Lipinski definition) is 8. The molecule has 1 aliphatic rings. The summed E-state index contributed by atoms with van der Waals surface area (Å²) in [5, 5.41) is 19.1. The molecule has 4 aromatic rings. The Balaban J connectivity index is 1.26. The van der Waals surface area contributed by atoms with Gasteiger partial charge < -0.3 is 30.2 Å². The van der Waals surface area contributed by atoms with Crippen molar-refractivity contribution in [2.45, 2.75) is 25.8 Å². The average Bonchev–Trinajstić information content (AvgIpc) is 3.05. The monoisotopic (exact) mass is 608 g/mol. The molecule has 0 spiro atoms. The molecule has 1 atom stereocenters. The van der Waals surface area contributed by atoms with Crippen molar-refractivity contribution >= 4 is 39.9 Å². The van der Waals surface area contributed by atoms with E-state index in [9.17, 15) is 9.59 Å². The van der Waals surface area contributed by atoms with Crippen LogP contribution in [0.2, 0.25) is 0 Å². The number of methoxy groups -OCH3 is 1. The first kappa shape index (κ1) is 31.3. The Hall–Kier alpha value is -5.13. The van der Waals surface area contributed by atoms with Crippen molar-refractivity contribution in [3.05, 3.63) is 96.8 Å². The summed E-state index contributed by atoms with van der Waals surface area (Å²) in [4.78, 5) is 29.0. The molecule has 11 heteroatoms. The Labute approximate surface area is 261 Å². The molecule has 45 heavy (non-hydrogen) atoms. The van der Waals surface area contributed by atoms with Gasteiger partial charge in [-0.1, -0.05) is 42.0 Å². The predicted molar refractivity (Wildman–Crippen MR) is 173 cm³/mol. The van der Waals surface area contributed by atoms with Crippen molar-refractivity contribution in [3.8, 4) is 11.5 Å². The van der Waals surface area contributed by atoms with Crippen molar-refractivity contribution in [1.29, 1.82) is 0 Å². The van der Waals surface area contributed by atoms with Crippen LogP contribution in [0.3, 0.4) is 0 Å². The van der Waals surface area contributed by atoms with E-state index in [1.165, 1.54) is 7.11 Å². The number of nitrogens with one attached hydrogen (secondary N) is 3. The SMILES string of the molecule is COCC(=O)Nc1cc(Oc2ccc(NC(=O)N/C=C/C(N=Nc3ccc(C)cc3)C3CCOCC3)c3ccccc23)ccn1. The fourth-order valence-electron chi connectivity index (χ4n) is 4.92. The third-order valence-corrected chi connectivity index (χ3v) is 7.23. The molecule has 1 unspecified atom stereocenters. The van der Waals surface area contributed by atoms with Crippen LogP contribution < -0.4 is 20.7 Å². The van der Waals surface area contributed by atoms with Gasteiger partial charge in [0, 0.05) is 49.6 Å². The van der Waals surface area contributed by atoms with E-state index in [2.05, 4.69) is 31.2 Å². The predicted octanol–water partition coefficient (Wildman–Crippen LogP) is 7.13. The van der Waals surface area contributed by atoms with Crippen molar-refractivity contribution < 1.29 is 23.8 Å². The van der Waals surface area contributed by atoms with Gasteiger partial charge in [0.15, 0.2) is 0 Å². The summed E-state index contributed by atoms with van der Waals surface area (Å²) in [7, 11) is 1.45. The number of nitrogens with zero attached hydrogens (tertiary/aromatic N) is 3. The van der Waals surface area contributed by atoms with Gasteiger partial charge in [0.1, 0.15) is 23.9 Å². The summed E-state index contributed by atoms with van der Waals surface area (Å²) in [6.45, 7) is 3.32. The van der Waals surface area contributed by atoms with E-state index in [0.29, 0.717) is 36.2 Å². The molecule has 0 saturated carbocycles. The quantitative estimate of drug-likeness (QED) is 0.155. The molecule has 3 N–H and O–H groups in total. The lowest BCUT2D eigenvalue weighted by Gasteiger charge is -2.25.